The average molecular weight is 224 g/mol. The lowest BCUT2D eigenvalue weighted by Crippen LogP contribution is -2.39. The minimum atomic E-state index is -1.53. The fraction of sp³-hybridized carbons (Fsp3) is 0.364. The van der Waals surface area contributed by atoms with Crippen molar-refractivity contribution in [3.63, 3.8) is 0 Å². The van der Waals surface area contributed by atoms with Crippen molar-refractivity contribution in [3.8, 4) is 11.5 Å². The lowest BCUT2D eigenvalue weighted by Gasteiger charge is -2.25. The third-order valence-electron chi connectivity index (χ3n) is 2.97. The molecular formula is C11H12O5. The Balaban J connectivity index is 2.46. The zero-order valence-electron chi connectivity index (χ0n) is 8.67. The van der Waals surface area contributed by atoms with Crippen molar-refractivity contribution in [1.82, 2.24) is 0 Å². The zero-order chi connectivity index (χ0) is 11.9. The first-order valence-corrected chi connectivity index (χ1v) is 4.86. The van der Waals surface area contributed by atoms with E-state index in [-0.39, 0.29) is 12.4 Å². The van der Waals surface area contributed by atoms with Gasteiger partial charge in [0.1, 0.15) is 23.7 Å². The molecule has 0 saturated heterocycles. The van der Waals surface area contributed by atoms with E-state index in [9.17, 15) is 15.0 Å². The summed E-state index contributed by atoms with van der Waals surface area (Å²) in [4.78, 5) is 10.9. The molecule has 0 aromatic heterocycles. The molecule has 1 aromatic carbocycles. The molecule has 2 rings (SSSR count). The number of carboxylic acid groups (broad SMARTS) is 1. The van der Waals surface area contributed by atoms with Crippen molar-refractivity contribution in [2.24, 2.45) is 5.92 Å². The van der Waals surface area contributed by atoms with E-state index < -0.39 is 17.5 Å². The number of aliphatic hydroxyl groups is 1. The summed E-state index contributed by atoms with van der Waals surface area (Å²) in [6.07, 6.45) is 0. The van der Waals surface area contributed by atoms with Gasteiger partial charge < -0.3 is 20.1 Å². The number of rotatable bonds is 2. The number of hydrogen-bond donors (Lipinski definition) is 3. The molecule has 0 fully saturated rings. The highest BCUT2D eigenvalue weighted by Gasteiger charge is 2.46. The molecule has 16 heavy (non-hydrogen) atoms. The molecule has 86 valence electrons. The number of carbonyl (C=O) groups is 1. The molecule has 1 aliphatic rings. The van der Waals surface area contributed by atoms with Crippen LogP contribution in [0.1, 0.15) is 12.5 Å². The summed E-state index contributed by atoms with van der Waals surface area (Å²) in [5.41, 5.74) is -1.13. The van der Waals surface area contributed by atoms with Crippen LogP contribution in [0.25, 0.3) is 0 Å². The second-order valence-electron chi connectivity index (χ2n) is 3.95. The van der Waals surface area contributed by atoms with Crippen LogP contribution in [0.3, 0.4) is 0 Å². The highest BCUT2D eigenvalue weighted by atomic mass is 16.5. The van der Waals surface area contributed by atoms with Gasteiger partial charge in [-0.1, -0.05) is 0 Å². The maximum Gasteiger partial charge on any atom is 0.309 e. The van der Waals surface area contributed by atoms with Crippen LogP contribution in [0.5, 0.6) is 11.5 Å². The number of fused-ring (bicyclic) bond motifs is 1. The molecule has 1 heterocycles. The maximum atomic E-state index is 10.9. The minimum Gasteiger partial charge on any atom is -0.508 e. The van der Waals surface area contributed by atoms with Crippen molar-refractivity contribution < 1.29 is 24.9 Å². The molecule has 0 radical (unpaired) electrons. The Morgan fingerprint density at radius 2 is 2.25 bits per heavy atom. The van der Waals surface area contributed by atoms with Crippen LogP contribution in [0, 0.1) is 5.92 Å². The predicted molar refractivity (Wildman–Crippen MR) is 54.3 cm³/mol. The van der Waals surface area contributed by atoms with Gasteiger partial charge >= 0.3 is 5.97 Å². The smallest absolute Gasteiger partial charge is 0.309 e. The van der Waals surface area contributed by atoms with E-state index >= 15 is 0 Å². The molecule has 0 saturated carbocycles. The number of hydrogen-bond acceptors (Lipinski definition) is 4. The van der Waals surface area contributed by atoms with Crippen LogP contribution < -0.4 is 4.74 Å². The van der Waals surface area contributed by atoms with Gasteiger partial charge in [-0.15, -0.1) is 0 Å². The van der Waals surface area contributed by atoms with Gasteiger partial charge in [0.2, 0.25) is 0 Å². The Morgan fingerprint density at radius 3 is 2.88 bits per heavy atom. The molecule has 0 amide bonds. The fourth-order valence-corrected chi connectivity index (χ4v) is 1.82. The van der Waals surface area contributed by atoms with Gasteiger partial charge in [0, 0.05) is 11.6 Å². The van der Waals surface area contributed by atoms with Crippen LogP contribution in [0.2, 0.25) is 0 Å². The highest BCUT2D eigenvalue weighted by molar-refractivity contribution is 5.72. The number of aliphatic carboxylic acids is 1. The number of phenolic OH excluding ortho intramolecular Hbond substituents is 1. The van der Waals surface area contributed by atoms with E-state index in [1.807, 2.05) is 0 Å². The summed E-state index contributed by atoms with van der Waals surface area (Å²) in [5, 5.41) is 28.4. The Labute approximate surface area is 91.9 Å². The SMILES string of the molecule is CC(C(=O)O)C1(O)COc2cc(O)ccc21. The molecule has 5 nitrogen and oxygen atoms in total. The van der Waals surface area contributed by atoms with E-state index in [1.54, 1.807) is 0 Å². The van der Waals surface area contributed by atoms with E-state index in [2.05, 4.69) is 0 Å². The van der Waals surface area contributed by atoms with Crippen molar-refractivity contribution in [1.29, 1.82) is 0 Å². The average Bonchev–Trinajstić information content (AvgIpc) is 2.56. The summed E-state index contributed by atoms with van der Waals surface area (Å²) in [6, 6.07) is 4.24. The molecule has 2 atom stereocenters. The normalized spacial score (nSPS) is 24.6. The molecule has 2 unspecified atom stereocenters. The first-order valence-electron chi connectivity index (χ1n) is 4.86. The maximum absolute atomic E-state index is 10.9. The summed E-state index contributed by atoms with van der Waals surface area (Å²) < 4.78 is 5.19. The van der Waals surface area contributed by atoms with Crippen LogP contribution in [-0.2, 0) is 10.4 Å². The molecule has 0 bridgehead atoms. The predicted octanol–water partition coefficient (Wildman–Crippen LogP) is 0.693. The Kier molecular flexibility index (Phi) is 2.27. The van der Waals surface area contributed by atoms with E-state index in [1.165, 1.54) is 25.1 Å². The molecule has 0 spiro atoms. The summed E-state index contributed by atoms with van der Waals surface area (Å²) in [5.74, 6) is -1.72. The number of aromatic hydroxyl groups is 1. The van der Waals surface area contributed by atoms with E-state index in [4.69, 9.17) is 9.84 Å². The van der Waals surface area contributed by atoms with Gasteiger partial charge in [-0.25, -0.2) is 0 Å². The Hall–Kier alpha value is -1.75. The fourth-order valence-electron chi connectivity index (χ4n) is 1.82. The zero-order valence-corrected chi connectivity index (χ0v) is 8.67. The first-order chi connectivity index (χ1) is 7.45. The minimum absolute atomic E-state index is 0.0194. The van der Waals surface area contributed by atoms with Crippen molar-refractivity contribution >= 4 is 5.97 Å². The molecule has 5 heteroatoms. The second-order valence-corrected chi connectivity index (χ2v) is 3.95. The van der Waals surface area contributed by atoms with Gasteiger partial charge in [0.05, 0.1) is 5.92 Å². The quantitative estimate of drug-likeness (QED) is 0.688. The first kappa shape index (κ1) is 10.8. The molecule has 1 aromatic rings. The summed E-state index contributed by atoms with van der Waals surface area (Å²) >= 11 is 0. The monoisotopic (exact) mass is 224 g/mol. The highest BCUT2D eigenvalue weighted by Crippen LogP contribution is 2.43. The third kappa shape index (κ3) is 1.40. The lowest BCUT2D eigenvalue weighted by molar-refractivity contribution is -0.152. The van der Waals surface area contributed by atoms with Crippen LogP contribution in [0.4, 0.5) is 0 Å². The molecular weight excluding hydrogens is 212 g/mol. The number of carboxylic acids is 1. The molecule has 3 N–H and O–H groups in total. The van der Waals surface area contributed by atoms with Crippen molar-refractivity contribution in [2.75, 3.05) is 6.61 Å². The number of benzene rings is 1. The second kappa shape index (κ2) is 3.38. The largest absolute Gasteiger partial charge is 0.508 e. The van der Waals surface area contributed by atoms with Gasteiger partial charge in [-0.05, 0) is 19.1 Å². The van der Waals surface area contributed by atoms with Crippen LogP contribution in [-0.4, -0.2) is 27.9 Å². The Bertz CT molecular complexity index is 442. The number of phenols is 1. The summed E-state index contributed by atoms with van der Waals surface area (Å²) in [7, 11) is 0. The number of ether oxygens (including phenoxy) is 1. The molecule has 0 aliphatic carbocycles. The third-order valence-corrected chi connectivity index (χ3v) is 2.97. The lowest BCUT2D eigenvalue weighted by atomic mass is 9.84. The Morgan fingerprint density at radius 1 is 1.56 bits per heavy atom. The van der Waals surface area contributed by atoms with Gasteiger partial charge in [0.25, 0.3) is 0 Å². The van der Waals surface area contributed by atoms with E-state index in [0.717, 1.165) is 0 Å². The van der Waals surface area contributed by atoms with Gasteiger partial charge in [0.15, 0.2) is 0 Å². The van der Waals surface area contributed by atoms with Gasteiger partial charge in [-0.2, -0.15) is 0 Å². The summed E-state index contributed by atoms with van der Waals surface area (Å²) in [6.45, 7) is 1.31. The topological polar surface area (TPSA) is 87.0 Å². The van der Waals surface area contributed by atoms with Gasteiger partial charge in [-0.3, -0.25) is 4.79 Å². The van der Waals surface area contributed by atoms with Crippen LogP contribution in [0.15, 0.2) is 18.2 Å². The van der Waals surface area contributed by atoms with Crippen LogP contribution >= 0.6 is 0 Å². The van der Waals surface area contributed by atoms with Crippen molar-refractivity contribution in [2.45, 2.75) is 12.5 Å². The molecule has 1 aliphatic heterocycles. The van der Waals surface area contributed by atoms with Crippen molar-refractivity contribution in [3.05, 3.63) is 23.8 Å². The van der Waals surface area contributed by atoms with E-state index in [0.29, 0.717) is 11.3 Å². The standard InChI is InChI=1S/C11H12O5/c1-6(10(13)14)11(15)5-16-9-4-7(12)2-3-8(9)11/h2-4,6,12,15H,5H2,1H3,(H,13,14).